The molecule has 0 radical (unpaired) electrons. The van der Waals surface area contributed by atoms with Gasteiger partial charge in [0, 0.05) is 25.4 Å². The van der Waals surface area contributed by atoms with Gasteiger partial charge in [-0.05, 0) is 35.7 Å². The average molecular weight is 210 g/mol. The highest BCUT2D eigenvalue weighted by molar-refractivity contribution is 5.73. The highest BCUT2D eigenvalue weighted by Crippen LogP contribution is 2.36. The number of anilines is 2. The fourth-order valence-electron chi connectivity index (χ4n) is 2.34. The van der Waals surface area contributed by atoms with Crippen molar-refractivity contribution in [2.75, 3.05) is 11.9 Å². The van der Waals surface area contributed by atoms with Crippen LogP contribution in [0.2, 0.25) is 0 Å². The first kappa shape index (κ1) is 9.40. The highest BCUT2D eigenvalue weighted by Gasteiger charge is 2.19. The smallest absolute Gasteiger partial charge is 0.0630 e. The normalized spacial score (nSPS) is 13.2. The van der Waals surface area contributed by atoms with Crippen molar-refractivity contribution in [2.24, 2.45) is 0 Å². The van der Waals surface area contributed by atoms with Crippen molar-refractivity contribution in [3.05, 3.63) is 53.3 Å². The maximum atomic E-state index is 4.20. The lowest BCUT2D eigenvalue weighted by molar-refractivity contribution is 1.03. The van der Waals surface area contributed by atoms with Gasteiger partial charge in [-0.3, -0.25) is 4.98 Å². The van der Waals surface area contributed by atoms with Gasteiger partial charge >= 0.3 is 0 Å². The summed E-state index contributed by atoms with van der Waals surface area (Å²) in [6.45, 7) is 2.13. The molecule has 2 heterocycles. The van der Waals surface area contributed by atoms with Crippen LogP contribution in [-0.4, -0.2) is 12.0 Å². The third-order valence-electron chi connectivity index (χ3n) is 3.23. The van der Waals surface area contributed by atoms with Gasteiger partial charge < -0.3 is 4.90 Å². The minimum atomic E-state index is 1.01. The number of fused-ring (bicyclic) bond motifs is 2. The van der Waals surface area contributed by atoms with Crippen LogP contribution in [0, 0.1) is 6.92 Å². The van der Waals surface area contributed by atoms with Crippen LogP contribution in [0.25, 0.3) is 0 Å². The van der Waals surface area contributed by atoms with Crippen molar-refractivity contribution in [3.63, 3.8) is 0 Å². The van der Waals surface area contributed by atoms with Crippen LogP contribution in [0.1, 0.15) is 16.7 Å². The number of pyridine rings is 1. The van der Waals surface area contributed by atoms with Crippen LogP contribution in [0.4, 0.5) is 11.4 Å². The third-order valence-corrected chi connectivity index (χ3v) is 3.23. The summed E-state index contributed by atoms with van der Waals surface area (Å²) < 4.78 is 0. The van der Waals surface area contributed by atoms with Crippen molar-refractivity contribution in [1.29, 1.82) is 0 Å². The van der Waals surface area contributed by atoms with Gasteiger partial charge in [-0.25, -0.2) is 0 Å². The topological polar surface area (TPSA) is 16.1 Å². The van der Waals surface area contributed by atoms with Gasteiger partial charge in [0.25, 0.3) is 0 Å². The van der Waals surface area contributed by atoms with Gasteiger partial charge in [0.2, 0.25) is 0 Å². The molecule has 0 aliphatic carbocycles. The molecule has 2 heteroatoms. The second-order valence-corrected chi connectivity index (χ2v) is 4.37. The lowest BCUT2D eigenvalue weighted by Gasteiger charge is -2.29. The molecular formula is C14H14N2. The number of benzene rings is 1. The summed E-state index contributed by atoms with van der Waals surface area (Å²) in [5.41, 5.74) is 6.58. The molecule has 1 aromatic heterocycles. The van der Waals surface area contributed by atoms with Gasteiger partial charge in [0.1, 0.15) is 0 Å². The van der Waals surface area contributed by atoms with E-state index >= 15 is 0 Å². The van der Waals surface area contributed by atoms with E-state index in [9.17, 15) is 0 Å². The Morgan fingerprint density at radius 1 is 1.12 bits per heavy atom. The number of rotatable bonds is 0. The molecule has 1 aromatic carbocycles. The van der Waals surface area contributed by atoms with Crippen molar-refractivity contribution >= 4 is 11.4 Å². The van der Waals surface area contributed by atoms with Crippen molar-refractivity contribution in [3.8, 4) is 0 Å². The lowest BCUT2D eigenvalue weighted by Crippen LogP contribution is -2.18. The van der Waals surface area contributed by atoms with E-state index in [1.54, 1.807) is 0 Å². The van der Waals surface area contributed by atoms with Gasteiger partial charge in [0.15, 0.2) is 0 Å². The highest BCUT2D eigenvalue weighted by atomic mass is 15.1. The number of hydrogen-bond donors (Lipinski definition) is 0. The molecule has 0 atom stereocenters. The molecule has 80 valence electrons. The van der Waals surface area contributed by atoms with E-state index in [1.165, 1.54) is 28.1 Å². The van der Waals surface area contributed by atoms with E-state index in [0.717, 1.165) is 6.42 Å². The molecule has 16 heavy (non-hydrogen) atoms. The van der Waals surface area contributed by atoms with Gasteiger partial charge in [-0.2, -0.15) is 0 Å². The molecule has 0 saturated heterocycles. The van der Waals surface area contributed by atoms with E-state index in [4.69, 9.17) is 0 Å². The quantitative estimate of drug-likeness (QED) is 0.664. The van der Waals surface area contributed by atoms with Crippen LogP contribution in [-0.2, 0) is 6.42 Å². The summed E-state index contributed by atoms with van der Waals surface area (Å²) >= 11 is 0. The molecule has 0 fully saturated rings. The Balaban J connectivity index is 2.19. The Bertz CT molecular complexity index is 546. The minimum Gasteiger partial charge on any atom is -0.343 e. The van der Waals surface area contributed by atoms with Crippen molar-refractivity contribution in [1.82, 2.24) is 4.98 Å². The summed E-state index contributed by atoms with van der Waals surface area (Å²) in [5, 5.41) is 0. The molecule has 3 rings (SSSR count). The molecule has 1 aliphatic rings. The van der Waals surface area contributed by atoms with Gasteiger partial charge in [-0.15, -0.1) is 0 Å². The van der Waals surface area contributed by atoms with Crippen LogP contribution in [0.15, 0.2) is 36.7 Å². The van der Waals surface area contributed by atoms with Crippen LogP contribution >= 0.6 is 0 Å². The molecule has 0 N–H and O–H groups in total. The zero-order chi connectivity index (χ0) is 11.1. The van der Waals surface area contributed by atoms with Crippen molar-refractivity contribution in [2.45, 2.75) is 13.3 Å². The maximum Gasteiger partial charge on any atom is 0.0630 e. The number of nitrogens with zero attached hydrogens (tertiary/aromatic N) is 2. The second kappa shape index (κ2) is 3.34. The Morgan fingerprint density at radius 3 is 2.81 bits per heavy atom. The molecule has 0 amide bonds. The number of aromatic nitrogens is 1. The van der Waals surface area contributed by atoms with E-state index in [2.05, 4.69) is 48.1 Å². The van der Waals surface area contributed by atoms with Gasteiger partial charge in [0.05, 0.1) is 11.9 Å². The minimum absolute atomic E-state index is 1.01. The zero-order valence-corrected chi connectivity index (χ0v) is 9.57. The molecule has 1 aliphatic heterocycles. The van der Waals surface area contributed by atoms with Crippen LogP contribution < -0.4 is 4.90 Å². The Kier molecular flexibility index (Phi) is 1.96. The van der Waals surface area contributed by atoms with E-state index in [1.807, 2.05) is 12.4 Å². The summed E-state index contributed by atoms with van der Waals surface area (Å²) in [6, 6.07) is 8.75. The van der Waals surface area contributed by atoms with Crippen LogP contribution in [0.3, 0.4) is 0 Å². The lowest BCUT2D eigenvalue weighted by atomic mass is 9.96. The average Bonchev–Trinajstić information content (AvgIpc) is 2.31. The molecule has 0 spiro atoms. The summed E-state index contributed by atoms with van der Waals surface area (Å²) in [7, 11) is 2.11. The molecule has 2 nitrogen and oxygen atoms in total. The maximum absolute atomic E-state index is 4.20. The van der Waals surface area contributed by atoms with E-state index in [-0.39, 0.29) is 0 Å². The van der Waals surface area contributed by atoms with E-state index in [0.29, 0.717) is 0 Å². The number of aryl methyl sites for hydroxylation is 1. The first-order valence-electron chi connectivity index (χ1n) is 5.52. The largest absolute Gasteiger partial charge is 0.343 e. The third kappa shape index (κ3) is 1.30. The summed E-state index contributed by atoms with van der Waals surface area (Å²) in [5.74, 6) is 0. The molecular weight excluding hydrogens is 196 g/mol. The first-order chi connectivity index (χ1) is 7.75. The Labute approximate surface area is 95.6 Å². The predicted octanol–water partition coefficient (Wildman–Crippen LogP) is 3.06. The fourth-order valence-corrected chi connectivity index (χ4v) is 2.34. The molecule has 0 unspecified atom stereocenters. The second-order valence-electron chi connectivity index (χ2n) is 4.37. The standard InChI is InChI=1S/C14H14N2/c1-10-3-4-11-8-12-5-6-15-9-14(12)16(2)13(11)7-10/h3-7,9H,8H2,1-2H3. The van der Waals surface area contributed by atoms with E-state index < -0.39 is 0 Å². The number of hydrogen-bond acceptors (Lipinski definition) is 2. The summed E-state index contributed by atoms with van der Waals surface area (Å²) in [4.78, 5) is 6.43. The molecule has 0 bridgehead atoms. The zero-order valence-electron chi connectivity index (χ0n) is 9.57. The Hall–Kier alpha value is -1.83. The molecule has 2 aromatic rings. The van der Waals surface area contributed by atoms with Crippen molar-refractivity contribution < 1.29 is 0 Å². The summed E-state index contributed by atoms with van der Waals surface area (Å²) in [6.07, 6.45) is 4.82. The van der Waals surface area contributed by atoms with Crippen LogP contribution in [0.5, 0.6) is 0 Å². The predicted molar refractivity (Wildman–Crippen MR) is 66.3 cm³/mol. The SMILES string of the molecule is Cc1ccc2c(c1)N(C)c1cnccc1C2. The monoisotopic (exact) mass is 210 g/mol. The Morgan fingerprint density at radius 2 is 1.94 bits per heavy atom. The molecule has 0 saturated carbocycles. The fraction of sp³-hybridized carbons (Fsp3) is 0.214. The van der Waals surface area contributed by atoms with Gasteiger partial charge in [-0.1, -0.05) is 12.1 Å². The first-order valence-corrected chi connectivity index (χ1v) is 5.52.